The molecule has 2 atom stereocenters. The molecule has 2 rings (SSSR count). The number of hydrogen-bond donors (Lipinski definition) is 2. The Morgan fingerprint density at radius 2 is 1.90 bits per heavy atom. The van der Waals surface area contributed by atoms with E-state index in [1.807, 2.05) is 13.8 Å². The fourth-order valence-electron chi connectivity index (χ4n) is 3.21. The summed E-state index contributed by atoms with van der Waals surface area (Å²) < 4.78 is 6.86. The molecule has 2 unspecified atom stereocenters. The fraction of sp³-hybridized carbons (Fsp3) is 0.476. The number of imidazole rings is 1. The highest BCUT2D eigenvalue weighted by Crippen LogP contribution is 2.22. The third kappa shape index (κ3) is 7.00. The van der Waals surface area contributed by atoms with E-state index >= 15 is 0 Å². The molecule has 0 aliphatic heterocycles. The van der Waals surface area contributed by atoms with Crippen molar-refractivity contribution in [2.75, 3.05) is 13.2 Å². The number of esters is 1. The van der Waals surface area contributed by atoms with E-state index < -0.39 is 17.9 Å². The van der Waals surface area contributed by atoms with Gasteiger partial charge in [0.25, 0.3) is 0 Å². The highest BCUT2D eigenvalue weighted by atomic mass is 35.5. The average molecular weight is 456 g/mol. The van der Waals surface area contributed by atoms with E-state index in [1.165, 1.54) is 6.20 Å². The second-order valence-electron chi connectivity index (χ2n) is 7.46. The Bertz CT molecular complexity index is 849. The lowest BCUT2D eigenvalue weighted by atomic mass is 10.0. The van der Waals surface area contributed by atoms with Gasteiger partial charge in [-0.15, -0.1) is 0 Å². The number of aromatic nitrogens is 2. The second-order valence-corrected chi connectivity index (χ2v) is 8.33. The van der Waals surface area contributed by atoms with Crippen LogP contribution in [0, 0.1) is 5.92 Å². The highest BCUT2D eigenvalue weighted by Gasteiger charge is 2.27. The molecule has 1 aromatic carbocycles. The summed E-state index contributed by atoms with van der Waals surface area (Å²) in [5, 5.41) is 13.9. The first kappa shape index (κ1) is 24.2. The molecule has 0 radical (unpaired) electrons. The molecule has 0 aliphatic rings. The number of ether oxygens (including phenoxy) is 1. The number of carbonyl (C=O) groups is 2. The van der Waals surface area contributed by atoms with E-state index in [0.29, 0.717) is 28.7 Å². The van der Waals surface area contributed by atoms with E-state index in [2.05, 4.69) is 10.3 Å². The molecule has 7 nitrogen and oxygen atoms in total. The summed E-state index contributed by atoms with van der Waals surface area (Å²) in [6.45, 7) is 6.43. The zero-order chi connectivity index (χ0) is 22.3. The number of nitrogens with zero attached hydrogens (tertiary/aromatic N) is 2. The number of benzene rings is 1. The van der Waals surface area contributed by atoms with E-state index in [-0.39, 0.29) is 25.0 Å². The van der Waals surface area contributed by atoms with Crippen LogP contribution in [-0.4, -0.2) is 45.8 Å². The van der Waals surface area contributed by atoms with E-state index in [1.54, 1.807) is 36.0 Å². The molecule has 2 N–H and O–H groups in total. The molecule has 0 spiro atoms. The Labute approximate surface area is 186 Å². The zero-order valence-corrected chi connectivity index (χ0v) is 18.8. The standard InChI is InChI=1S/C21H27Cl2N3O4/c1-4-30-21(29)18(5-13(2)3)25-9-17(20(27)28)19-10-24-12-26(19)11-14-6-15(22)8-16(23)7-14/h6-8,10,12-13,17-18,25H,4-5,9,11H2,1-3H3,(H,27,28). The normalized spacial score (nSPS) is 13.3. The monoisotopic (exact) mass is 455 g/mol. The van der Waals surface area contributed by atoms with Crippen LogP contribution in [0.25, 0.3) is 0 Å². The van der Waals surface area contributed by atoms with Gasteiger partial charge in [0.15, 0.2) is 0 Å². The van der Waals surface area contributed by atoms with Crippen molar-refractivity contribution in [3.05, 3.63) is 52.0 Å². The Morgan fingerprint density at radius 3 is 2.47 bits per heavy atom. The molecular weight excluding hydrogens is 429 g/mol. The number of halogens is 2. The van der Waals surface area contributed by atoms with Crippen molar-refractivity contribution in [1.29, 1.82) is 0 Å². The van der Waals surface area contributed by atoms with Crippen molar-refractivity contribution in [2.24, 2.45) is 5.92 Å². The first-order valence-corrected chi connectivity index (χ1v) is 10.5. The number of aliphatic carboxylic acids is 1. The Morgan fingerprint density at radius 1 is 1.23 bits per heavy atom. The van der Waals surface area contributed by atoms with Crippen molar-refractivity contribution in [2.45, 2.75) is 45.7 Å². The lowest BCUT2D eigenvalue weighted by molar-refractivity contribution is -0.147. The van der Waals surface area contributed by atoms with Crippen LogP contribution in [0.1, 0.15) is 44.4 Å². The summed E-state index contributed by atoms with van der Waals surface area (Å²) in [5.74, 6) is -2.04. The van der Waals surface area contributed by atoms with Crippen molar-refractivity contribution in [3.8, 4) is 0 Å². The Kier molecular flexibility index (Phi) is 9.14. The number of carboxylic acids is 1. The maximum Gasteiger partial charge on any atom is 0.323 e. The summed E-state index contributed by atoms with van der Waals surface area (Å²) in [6.07, 6.45) is 3.64. The van der Waals surface area contributed by atoms with Crippen molar-refractivity contribution in [1.82, 2.24) is 14.9 Å². The van der Waals surface area contributed by atoms with Gasteiger partial charge in [0.2, 0.25) is 0 Å². The van der Waals surface area contributed by atoms with Gasteiger partial charge in [0, 0.05) is 29.3 Å². The SMILES string of the molecule is CCOC(=O)C(CC(C)C)NCC(C(=O)O)c1cncn1Cc1cc(Cl)cc(Cl)c1. The van der Waals surface area contributed by atoms with Crippen LogP contribution in [0.4, 0.5) is 0 Å². The third-order valence-corrected chi connectivity index (χ3v) is 4.96. The molecule has 0 fully saturated rings. The Balaban J connectivity index is 2.19. The largest absolute Gasteiger partial charge is 0.481 e. The van der Waals surface area contributed by atoms with Gasteiger partial charge in [-0.3, -0.25) is 9.59 Å². The number of nitrogens with one attached hydrogen (secondary N) is 1. The predicted molar refractivity (Wildman–Crippen MR) is 116 cm³/mol. The highest BCUT2D eigenvalue weighted by molar-refractivity contribution is 6.34. The van der Waals surface area contributed by atoms with Crippen LogP contribution in [0.3, 0.4) is 0 Å². The summed E-state index contributed by atoms with van der Waals surface area (Å²) in [4.78, 5) is 28.4. The molecule has 0 saturated carbocycles. The predicted octanol–water partition coefficient (Wildman–Crippen LogP) is 3.97. The van der Waals surface area contributed by atoms with Gasteiger partial charge >= 0.3 is 11.9 Å². The molecule has 1 heterocycles. The van der Waals surface area contributed by atoms with Gasteiger partial charge in [-0.25, -0.2) is 4.98 Å². The van der Waals surface area contributed by atoms with Crippen molar-refractivity contribution >= 4 is 35.1 Å². The molecule has 2 aromatic rings. The number of carboxylic acid groups (broad SMARTS) is 1. The smallest absolute Gasteiger partial charge is 0.323 e. The topological polar surface area (TPSA) is 93.4 Å². The summed E-state index contributed by atoms with van der Waals surface area (Å²) >= 11 is 12.1. The molecular formula is C21H27Cl2N3O4. The molecule has 0 bridgehead atoms. The molecule has 0 amide bonds. The van der Waals surface area contributed by atoms with Gasteiger partial charge in [-0.05, 0) is 43.0 Å². The molecule has 1 aromatic heterocycles. The van der Waals surface area contributed by atoms with Crippen LogP contribution < -0.4 is 5.32 Å². The van der Waals surface area contributed by atoms with Crippen LogP contribution >= 0.6 is 23.2 Å². The van der Waals surface area contributed by atoms with Crippen LogP contribution in [-0.2, 0) is 20.9 Å². The lowest BCUT2D eigenvalue weighted by Crippen LogP contribution is -2.42. The van der Waals surface area contributed by atoms with Gasteiger partial charge in [0.1, 0.15) is 12.0 Å². The van der Waals surface area contributed by atoms with Crippen molar-refractivity contribution in [3.63, 3.8) is 0 Å². The second kappa shape index (κ2) is 11.3. The maximum absolute atomic E-state index is 12.2. The van der Waals surface area contributed by atoms with Crippen LogP contribution in [0.2, 0.25) is 10.0 Å². The fourth-order valence-corrected chi connectivity index (χ4v) is 3.78. The van der Waals surface area contributed by atoms with E-state index in [9.17, 15) is 14.7 Å². The lowest BCUT2D eigenvalue weighted by Gasteiger charge is -2.22. The minimum Gasteiger partial charge on any atom is -0.481 e. The van der Waals surface area contributed by atoms with E-state index in [4.69, 9.17) is 27.9 Å². The molecule has 164 valence electrons. The Hall–Kier alpha value is -2.09. The van der Waals surface area contributed by atoms with E-state index in [0.717, 1.165) is 5.56 Å². The minimum atomic E-state index is -1.01. The summed E-state index contributed by atoms with van der Waals surface area (Å²) in [7, 11) is 0. The summed E-state index contributed by atoms with van der Waals surface area (Å²) in [5.41, 5.74) is 1.34. The maximum atomic E-state index is 12.2. The first-order chi connectivity index (χ1) is 14.2. The van der Waals surface area contributed by atoms with Gasteiger partial charge < -0.3 is 19.7 Å². The van der Waals surface area contributed by atoms with Crippen LogP contribution in [0.15, 0.2) is 30.7 Å². The van der Waals surface area contributed by atoms with Crippen molar-refractivity contribution < 1.29 is 19.4 Å². The molecule has 9 heteroatoms. The molecule has 30 heavy (non-hydrogen) atoms. The van der Waals surface area contributed by atoms with Gasteiger partial charge in [-0.2, -0.15) is 0 Å². The number of carbonyl (C=O) groups excluding carboxylic acids is 1. The van der Waals surface area contributed by atoms with Gasteiger partial charge in [-0.1, -0.05) is 37.0 Å². The average Bonchev–Trinajstić information content (AvgIpc) is 3.07. The quantitative estimate of drug-likeness (QED) is 0.497. The van der Waals surface area contributed by atoms with Gasteiger partial charge in [0.05, 0.1) is 18.6 Å². The third-order valence-electron chi connectivity index (χ3n) is 4.52. The molecule has 0 aliphatic carbocycles. The number of rotatable bonds is 11. The minimum absolute atomic E-state index is 0.0630. The zero-order valence-electron chi connectivity index (χ0n) is 17.3. The molecule has 0 saturated heterocycles. The summed E-state index contributed by atoms with van der Waals surface area (Å²) in [6, 6.07) is 4.60. The number of hydrogen-bond acceptors (Lipinski definition) is 5. The first-order valence-electron chi connectivity index (χ1n) is 9.79. The van der Waals surface area contributed by atoms with Crippen LogP contribution in [0.5, 0.6) is 0 Å².